The first-order chi connectivity index (χ1) is 11.6. The summed E-state index contributed by atoms with van der Waals surface area (Å²) >= 11 is 1.77. The lowest BCUT2D eigenvalue weighted by Crippen LogP contribution is -2.44. The number of carbonyl (C=O) groups excluding carboxylic acids is 1. The van der Waals surface area contributed by atoms with Gasteiger partial charge < -0.3 is 15.0 Å². The highest BCUT2D eigenvalue weighted by Crippen LogP contribution is 2.37. The molecular formula is C19H24N2O2S. The van der Waals surface area contributed by atoms with Crippen LogP contribution in [0, 0.1) is 0 Å². The topological polar surface area (TPSA) is 41.6 Å². The average Bonchev–Trinajstić information content (AvgIpc) is 3.16. The summed E-state index contributed by atoms with van der Waals surface area (Å²) in [7, 11) is 3.98. The van der Waals surface area contributed by atoms with Crippen LogP contribution < -0.4 is 10.2 Å². The van der Waals surface area contributed by atoms with Gasteiger partial charge in [-0.05, 0) is 48.6 Å². The molecular weight excluding hydrogens is 320 g/mol. The number of benzene rings is 1. The molecule has 1 saturated heterocycles. The van der Waals surface area contributed by atoms with Gasteiger partial charge in [-0.3, -0.25) is 4.79 Å². The Bertz CT molecular complexity index is 659. The van der Waals surface area contributed by atoms with Crippen LogP contribution in [0.4, 0.5) is 5.69 Å². The van der Waals surface area contributed by atoms with Crippen molar-refractivity contribution in [1.82, 2.24) is 5.32 Å². The third-order valence-corrected chi connectivity index (χ3v) is 5.84. The highest BCUT2D eigenvalue weighted by molar-refractivity contribution is 7.10. The minimum atomic E-state index is -0.0114. The summed E-state index contributed by atoms with van der Waals surface area (Å²) in [5.41, 5.74) is 1.80. The molecule has 128 valence electrons. The molecule has 0 radical (unpaired) electrons. The Morgan fingerprint density at radius 2 is 1.92 bits per heavy atom. The minimum Gasteiger partial charge on any atom is -0.381 e. The van der Waals surface area contributed by atoms with Gasteiger partial charge >= 0.3 is 0 Å². The van der Waals surface area contributed by atoms with Crippen molar-refractivity contribution in [3.8, 4) is 0 Å². The summed E-state index contributed by atoms with van der Waals surface area (Å²) < 4.78 is 5.54. The summed E-state index contributed by atoms with van der Waals surface area (Å²) in [5, 5.41) is 5.25. The number of nitrogens with one attached hydrogen (secondary N) is 1. The summed E-state index contributed by atoms with van der Waals surface area (Å²) in [4.78, 5) is 15.9. The number of amides is 1. The highest BCUT2D eigenvalue weighted by atomic mass is 32.1. The van der Waals surface area contributed by atoms with Crippen molar-refractivity contribution >= 4 is 22.9 Å². The summed E-state index contributed by atoms with van der Waals surface area (Å²) in [6.07, 6.45) is 1.90. The number of rotatable bonds is 5. The average molecular weight is 344 g/mol. The van der Waals surface area contributed by atoms with Gasteiger partial charge in [-0.2, -0.15) is 0 Å². The van der Waals surface area contributed by atoms with Crippen molar-refractivity contribution in [2.45, 2.75) is 18.3 Å². The van der Waals surface area contributed by atoms with Gasteiger partial charge in [-0.15, -0.1) is 11.3 Å². The maximum atomic E-state index is 12.5. The molecule has 0 aliphatic carbocycles. The van der Waals surface area contributed by atoms with E-state index in [0.29, 0.717) is 12.1 Å². The molecule has 5 heteroatoms. The fourth-order valence-corrected chi connectivity index (χ4v) is 4.10. The number of nitrogens with zero attached hydrogens (tertiary/aromatic N) is 1. The number of thiophene rings is 1. The van der Waals surface area contributed by atoms with Gasteiger partial charge in [0, 0.05) is 55.4 Å². The maximum Gasteiger partial charge on any atom is 0.251 e. The second kappa shape index (κ2) is 7.36. The van der Waals surface area contributed by atoms with Gasteiger partial charge in [0.05, 0.1) is 0 Å². The molecule has 0 atom stereocenters. The van der Waals surface area contributed by atoms with E-state index in [1.807, 2.05) is 43.3 Å². The van der Waals surface area contributed by atoms with Crippen LogP contribution in [-0.2, 0) is 10.2 Å². The van der Waals surface area contributed by atoms with Crippen molar-refractivity contribution in [2.24, 2.45) is 0 Å². The zero-order valence-electron chi connectivity index (χ0n) is 14.2. The van der Waals surface area contributed by atoms with Crippen LogP contribution in [0.25, 0.3) is 0 Å². The fourth-order valence-electron chi connectivity index (χ4n) is 3.12. The predicted molar refractivity (Wildman–Crippen MR) is 99.2 cm³/mol. The second-order valence-electron chi connectivity index (χ2n) is 6.49. The van der Waals surface area contributed by atoms with Crippen LogP contribution in [0.3, 0.4) is 0 Å². The van der Waals surface area contributed by atoms with E-state index in [0.717, 1.165) is 31.7 Å². The third kappa shape index (κ3) is 3.62. The molecule has 1 fully saturated rings. The van der Waals surface area contributed by atoms with Crippen LogP contribution in [0.1, 0.15) is 28.1 Å². The maximum absolute atomic E-state index is 12.5. The predicted octanol–water partition coefficient (Wildman–Crippen LogP) is 3.29. The number of ether oxygens (including phenoxy) is 1. The quantitative estimate of drug-likeness (QED) is 0.905. The van der Waals surface area contributed by atoms with Crippen LogP contribution in [0.15, 0.2) is 41.8 Å². The Hall–Kier alpha value is -1.85. The van der Waals surface area contributed by atoms with Gasteiger partial charge in [0.1, 0.15) is 0 Å². The first-order valence-electron chi connectivity index (χ1n) is 8.28. The molecule has 2 heterocycles. The SMILES string of the molecule is CN(C)c1ccc(C(=O)NCC2(c3cccs3)CCOCC2)cc1. The van der Waals surface area contributed by atoms with Crippen molar-refractivity contribution in [3.05, 3.63) is 52.2 Å². The van der Waals surface area contributed by atoms with Crippen LogP contribution in [0.2, 0.25) is 0 Å². The molecule has 0 spiro atoms. The van der Waals surface area contributed by atoms with E-state index in [4.69, 9.17) is 4.74 Å². The molecule has 1 aromatic carbocycles. The molecule has 2 aromatic rings. The Balaban J connectivity index is 1.69. The third-order valence-electron chi connectivity index (χ3n) is 4.73. The molecule has 0 saturated carbocycles. The first kappa shape index (κ1) is 17.0. The molecule has 24 heavy (non-hydrogen) atoms. The Morgan fingerprint density at radius 3 is 2.50 bits per heavy atom. The van der Waals surface area contributed by atoms with Crippen molar-refractivity contribution in [3.63, 3.8) is 0 Å². The monoisotopic (exact) mass is 344 g/mol. The van der Waals surface area contributed by atoms with Crippen LogP contribution >= 0.6 is 11.3 Å². The van der Waals surface area contributed by atoms with E-state index in [1.54, 1.807) is 11.3 Å². The number of anilines is 1. The highest BCUT2D eigenvalue weighted by Gasteiger charge is 2.35. The molecule has 1 aromatic heterocycles. The summed E-state index contributed by atoms with van der Waals surface area (Å²) in [6, 6.07) is 12.0. The zero-order valence-corrected chi connectivity index (χ0v) is 15.1. The van der Waals surface area contributed by atoms with Crippen molar-refractivity contribution < 1.29 is 9.53 Å². The zero-order chi connectivity index (χ0) is 17.0. The minimum absolute atomic E-state index is 0.00561. The molecule has 1 aliphatic rings. The van der Waals surface area contributed by atoms with Crippen LogP contribution in [0.5, 0.6) is 0 Å². The van der Waals surface area contributed by atoms with Gasteiger partial charge in [-0.25, -0.2) is 0 Å². The normalized spacial score (nSPS) is 16.6. The van der Waals surface area contributed by atoms with E-state index < -0.39 is 0 Å². The lowest BCUT2D eigenvalue weighted by molar-refractivity contribution is 0.0499. The van der Waals surface area contributed by atoms with Crippen molar-refractivity contribution in [2.75, 3.05) is 38.8 Å². The summed E-state index contributed by atoms with van der Waals surface area (Å²) in [5.74, 6) is -0.0114. The Kier molecular flexibility index (Phi) is 5.21. The molecule has 0 unspecified atom stereocenters. The first-order valence-corrected chi connectivity index (χ1v) is 9.16. The molecule has 1 amide bonds. The van der Waals surface area contributed by atoms with E-state index in [1.165, 1.54) is 4.88 Å². The molecule has 1 N–H and O–H groups in total. The molecule has 1 aliphatic heterocycles. The fraction of sp³-hybridized carbons (Fsp3) is 0.421. The number of carbonyl (C=O) groups is 1. The van der Waals surface area contributed by atoms with Gasteiger partial charge in [0.2, 0.25) is 0 Å². The Labute approximate surface area is 147 Å². The lowest BCUT2D eigenvalue weighted by Gasteiger charge is -2.36. The molecule has 4 nitrogen and oxygen atoms in total. The number of hydrogen-bond acceptors (Lipinski definition) is 4. The van der Waals surface area contributed by atoms with Gasteiger partial charge in [0.15, 0.2) is 0 Å². The summed E-state index contributed by atoms with van der Waals surface area (Å²) in [6.45, 7) is 2.17. The van der Waals surface area contributed by atoms with Crippen LogP contribution in [-0.4, -0.2) is 39.8 Å². The molecule has 3 rings (SSSR count). The van der Waals surface area contributed by atoms with Gasteiger partial charge in [0.25, 0.3) is 5.91 Å². The van der Waals surface area contributed by atoms with E-state index in [-0.39, 0.29) is 11.3 Å². The largest absolute Gasteiger partial charge is 0.381 e. The second-order valence-corrected chi connectivity index (χ2v) is 7.44. The lowest BCUT2D eigenvalue weighted by atomic mass is 9.78. The van der Waals surface area contributed by atoms with Gasteiger partial charge in [-0.1, -0.05) is 6.07 Å². The van der Waals surface area contributed by atoms with E-state index >= 15 is 0 Å². The smallest absolute Gasteiger partial charge is 0.251 e. The van der Waals surface area contributed by atoms with Crippen molar-refractivity contribution in [1.29, 1.82) is 0 Å². The van der Waals surface area contributed by atoms with E-state index in [2.05, 4.69) is 22.8 Å². The number of hydrogen-bond donors (Lipinski definition) is 1. The Morgan fingerprint density at radius 1 is 1.21 bits per heavy atom. The molecule has 0 bridgehead atoms. The standard InChI is InChI=1S/C19H24N2O2S/c1-21(2)16-7-5-15(6-8-16)18(22)20-14-19(9-11-23-12-10-19)17-4-3-13-24-17/h3-8,13H,9-12,14H2,1-2H3,(H,20,22). The van der Waals surface area contributed by atoms with E-state index in [9.17, 15) is 4.79 Å².